The molecule has 0 aromatic carbocycles. The Labute approximate surface area is 115 Å². The zero-order valence-corrected chi connectivity index (χ0v) is 12.5. The van der Waals surface area contributed by atoms with Crippen LogP contribution in [0.3, 0.4) is 0 Å². The van der Waals surface area contributed by atoms with E-state index in [-0.39, 0.29) is 17.9 Å². The average Bonchev–Trinajstić information content (AvgIpc) is 2.84. The first kappa shape index (κ1) is 15.8. The molecule has 0 aromatic heterocycles. The van der Waals surface area contributed by atoms with Gasteiger partial charge in [0, 0.05) is 17.8 Å². The number of hydrogen-bond donors (Lipinski definition) is 2. The largest absolute Gasteiger partial charge is 0.379 e. The maximum Gasteiger partial charge on any atom is 0.227 e. The molecule has 1 aliphatic heterocycles. The SMILES string of the molecule is CCCNC1COCC1C(=O)NCCC(C)SC. The Hall–Kier alpha value is -0.260. The van der Waals surface area contributed by atoms with Crippen LogP contribution >= 0.6 is 11.8 Å². The summed E-state index contributed by atoms with van der Waals surface area (Å²) in [7, 11) is 0. The molecule has 2 N–H and O–H groups in total. The van der Waals surface area contributed by atoms with E-state index < -0.39 is 0 Å². The van der Waals surface area contributed by atoms with Crippen molar-refractivity contribution in [3.8, 4) is 0 Å². The highest BCUT2D eigenvalue weighted by Crippen LogP contribution is 2.14. The fraction of sp³-hybridized carbons (Fsp3) is 0.923. The topological polar surface area (TPSA) is 50.4 Å². The normalized spacial score (nSPS) is 25.1. The summed E-state index contributed by atoms with van der Waals surface area (Å²) in [4.78, 5) is 12.1. The number of carbonyl (C=O) groups excluding carboxylic acids is 1. The van der Waals surface area contributed by atoms with Crippen LogP contribution in [0.5, 0.6) is 0 Å². The number of ether oxygens (including phenoxy) is 1. The molecule has 0 radical (unpaired) electrons. The Kier molecular flexibility index (Phi) is 7.70. The first-order chi connectivity index (χ1) is 8.69. The maximum atomic E-state index is 12.1. The highest BCUT2D eigenvalue weighted by atomic mass is 32.2. The lowest BCUT2D eigenvalue weighted by molar-refractivity contribution is -0.125. The van der Waals surface area contributed by atoms with E-state index in [9.17, 15) is 4.79 Å². The molecular weight excluding hydrogens is 248 g/mol. The minimum absolute atomic E-state index is 0.0267. The summed E-state index contributed by atoms with van der Waals surface area (Å²) in [6.07, 6.45) is 4.20. The van der Waals surface area contributed by atoms with Crippen LogP contribution in [0.15, 0.2) is 0 Å². The van der Waals surface area contributed by atoms with Gasteiger partial charge in [-0.1, -0.05) is 13.8 Å². The van der Waals surface area contributed by atoms with Gasteiger partial charge in [0.25, 0.3) is 0 Å². The number of nitrogens with one attached hydrogen (secondary N) is 2. The minimum Gasteiger partial charge on any atom is -0.379 e. The highest BCUT2D eigenvalue weighted by molar-refractivity contribution is 7.99. The molecule has 1 aliphatic rings. The number of rotatable bonds is 8. The molecule has 1 fully saturated rings. The zero-order chi connectivity index (χ0) is 13.4. The van der Waals surface area contributed by atoms with Crippen LogP contribution in [0.4, 0.5) is 0 Å². The molecular formula is C13H26N2O2S. The summed E-state index contributed by atoms with van der Waals surface area (Å²) in [6, 6.07) is 0.183. The standard InChI is InChI=1S/C13H26N2O2S/c1-4-6-14-12-9-17-8-11(12)13(16)15-7-5-10(2)18-3/h10-12,14H,4-9H2,1-3H3,(H,15,16). The van der Waals surface area contributed by atoms with Crippen molar-refractivity contribution < 1.29 is 9.53 Å². The fourth-order valence-corrected chi connectivity index (χ4v) is 2.34. The molecule has 4 nitrogen and oxygen atoms in total. The van der Waals surface area contributed by atoms with Gasteiger partial charge in [-0.2, -0.15) is 11.8 Å². The van der Waals surface area contributed by atoms with Crippen LogP contribution in [0, 0.1) is 5.92 Å². The molecule has 1 amide bonds. The Morgan fingerprint density at radius 1 is 1.44 bits per heavy atom. The molecule has 1 rings (SSSR count). The van der Waals surface area contributed by atoms with E-state index in [4.69, 9.17) is 4.74 Å². The molecule has 0 spiro atoms. The quantitative estimate of drug-likeness (QED) is 0.699. The van der Waals surface area contributed by atoms with E-state index in [2.05, 4.69) is 30.7 Å². The number of carbonyl (C=O) groups is 1. The second-order valence-electron chi connectivity index (χ2n) is 4.83. The summed E-state index contributed by atoms with van der Waals surface area (Å²) in [5, 5.41) is 7.00. The predicted octanol–water partition coefficient (Wildman–Crippen LogP) is 1.26. The van der Waals surface area contributed by atoms with E-state index in [1.807, 2.05) is 11.8 Å². The van der Waals surface area contributed by atoms with Crippen molar-refractivity contribution in [2.75, 3.05) is 32.6 Å². The van der Waals surface area contributed by atoms with Gasteiger partial charge in [0.05, 0.1) is 19.1 Å². The Balaban J connectivity index is 2.27. The monoisotopic (exact) mass is 274 g/mol. The molecule has 0 bridgehead atoms. The molecule has 3 atom stereocenters. The number of hydrogen-bond acceptors (Lipinski definition) is 4. The van der Waals surface area contributed by atoms with Gasteiger partial charge < -0.3 is 15.4 Å². The summed E-state index contributed by atoms with van der Waals surface area (Å²) in [5.41, 5.74) is 0. The van der Waals surface area contributed by atoms with Gasteiger partial charge in [-0.25, -0.2) is 0 Å². The summed E-state index contributed by atoms with van der Waals surface area (Å²) >= 11 is 1.83. The van der Waals surface area contributed by atoms with Crippen LogP contribution in [-0.4, -0.2) is 49.8 Å². The van der Waals surface area contributed by atoms with Crippen LogP contribution in [0.2, 0.25) is 0 Å². The lowest BCUT2D eigenvalue weighted by Gasteiger charge is -2.18. The first-order valence-electron chi connectivity index (χ1n) is 6.80. The van der Waals surface area contributed by atoms with Gasteiger partial charge in [-0.3, -0.25) is 4.79 Å². The van der Waals surface area contributed by atoms with Gasteiger partial charge in [0.2, 0.25) is 5.91 Å². The van der Waals surface area contributed by atoms with Gasteiger partial charge in [0.15, 0.2) is 0 Å². The van der Waals surface area contributed by atoms with Crippen molar-refractivity contribution in [3.63, 3.8) is 0 Å². The van der Waals surface area contributed by atoms with E-state index in [0.717, 1.165) is 25.9 Å². The van der Waals surface area contributed by atoms with Gasteiger partial charge in [0.1, 0.15) is 0 Å². The molecule has 18 heavy (non-hydrogen) atoms. The molecule has 106 valence electrons. The van der Waals surface area contributed by atoms with Gasteiger partial charge in [-0.05, 0) is 25.6 Å². The highest BCUT2D eigenvalue weighted by Gasteiger charge is 2.33. The Bertz CT molecular complexity index is 251. The molecule has 0 aromatic rings. The second-order valence-corrected chi connectivity index (χ2v) is 6.11. The van der Waals surface area contributed by atoms with Crippen molar-refractivity contribution in [1.82, 2.24) is 10.6 Å². The Morgan fingerprint density at radius 2 is 2.22 bits per heavy atom. The Morgan fingerprint density at radius 3 is 2.89 bits per heavy atom. The summed E-state index contributed by atoms with van der Waals surface area (Å²) in [6.45, 7) is 7.21. The molecule has 5 heteroatoms. The van der Waals surface area contributed by atoms with Crippen LogP contribution < -0.4 is 10.6 Å². The third-order valence-electron chi connectivity index (χ3n) is 3.33. The third-order valence-corrected chi connectivity index (χ3v) is 4.37. The molecule has 0 aliphatic carbocycles. The average molecular weight is 274 g/mol. The number of thioether (sulfide) groups is 1. The van der Waals surface area contributed by atoms with Crippen LogP contribution in [0.25, 0.3) is 0 Å². The minimum atomic E-state index is -0.0267. The predicted molar refractivity (Wildman–Crippen MR) is 77.0 cm³/mol. The lowest BCUT2D eigenvalue weighted by atomic mass is 10.0. The van der Waals surface area contributed by atoms with E-state index in [1.54, 1.807) is 0 Å². The van der Waals surface area contributed by atoms with Crippen molar-refractivity contribution in [2.24, 2.45) is 5.92 Å². The van der Waals surface area contributed by atoms with Crippen LogP contribution in [0.1, 0.15) is 26.7 Å². The van der Waals surface area contributed by atoms with Crippen molar-refractivity contribution in [1.29, 1.82) is 0 Å². The summed E-state index contributed by atoms with van der Waals surface area (Å²) in [5.74, 6) is 0.107. The molecule has 0 saturated carbocycles. The van der Waals surface area contributed by atoms with Gasteiger partial charge in [-0.15, -0.1) is 0 Å². The third kappa shape index (κ3) is 5.16. The van der Waals surface area contributed by atoms with Crippen molar-refractivity contribution >= 4 is 17.7 Å². The zero-order valence-electron chi connectivity index (χ0n) is 11.7. The second kappa shape index (κ2) is 8.77. The smallest absolute Gasteiger partial charge is 0.227 e. The van der Waals surface area contributed by atoms with E-state index >= 15 is 0 Å². The van der Waals surface area contributed by atoms with E-state index in [0.29, 0.717) is 18.5 Å². The molecule has 1 saturated heterocycles. The molecule has 1 heterocycles. The van der Waals surface area contributed by atoms with Crippen molar-refractivity contribution in [3.05, 3.63) is 0 Å². The van der Waals surface area contributed by atoms with Crippen molar-refractivity contribution in [2.45, 2.75) is 38.0 Å². The van der Waals surface area contributed by atoms with E-state index in [1.165, 1.54) is 0 Å². The number of amides is 1. The molecule has 3 unspecified atom stereocenters. The lowest BCUT2D eigenvalue weighted by Crippen LogP contribution is -2.44. The fourth-order valence-electron chi connectivity index (χ4n) is 1.99. The van der Waals surface area contributed by atoms with Crippen LogP contribution in [-0.2, 0) is 9.53 Å². The maximum absolute atomic E-state index is 12.1. The van der Waals surface area contributed by atoms with Gasteiger partial charge >= 0.3 is 0 Å². The first-order valence-corrected chi connectivity index (χ1v) is 8.09. The summed E-state index contributed by atoms with van der Waals surface area (Å²) < 4.78 is 5.41.